The zero-order valence-electron chi connectivity index (χ0n) is 15.7. The number of hydrogen-bond acceptors (Lipinski definition) is 4. The maximum Gasteiger partial charge on any atom is 0.268 e. The summed E-state index contributed by atoms with van der Waals surface area (Å²) in [4.78, 5) is 13.7. The largest absolute Gasteiger partial charge is 0.473 e. The topological polar surface area (TPSA) is 67.6 Å². The van der Waals surface area contributed by atoms with E-state index in [4.69, 9.17) is 22.1 Å². The van der Waals surface area contributed by atoms with Gasteiger partial charge in [-0.2, -0.15) is 0 Å². The Hall–Kier alpha value is -2.50. The number of halogens is 1. The molecule has 2 aromatic rings. The van der Waals surface area contributed by atoms with Gasteiger partial charge >= 0.3 is 0 Å². The molecule has 1 aliphatic rings. The maximum atomic E-state index is 11.9. The number of rotatable bonds is 6. The molecule has 142 valence electrons. The summed E-state index contributed by atoms with van der Waals surface area (Å²) in [5.41, 5.74) is 8.88. The lowest BCUT2D eigenvalue weighted by molar-refractivity contribution is -0.114. The summed E-state index contributed by atoms with van der Waals surface area (Å²) in [6, 6.07) is 16.2. The number of nitrogens with zero attached hydrogens (tertiary/aromatic N) is 1. The highest BCUT2D eigenvalue weighted by atomic mass is 35.5. The van der Waals surface area contributed by atoms with Gasteiger partial charge in [0, 0.05) is 12.6 Å². The number of nitrogens with two attached hydrogens (primary N) is 1. The van der Waals surface area contributed by atoms with Gasteiger partial charge in [-0.3, -0.25) is 9.69 Å². The quantitative estimate of drug-likeness (QED) is 0.785. The van der Waals surface area contributed by atoms with Crippen molar-refractivity contribution in [2.45, 2.75) is 39.6 Å². The summed E-state index contributed by atoms with van der Waals surface area (Å²) in [5.74, 6) is -0.0264. The van der Waals surface area contributed by atoms with Crippen molar-refractivity contribution >= 4 is 23.2 Å². The van der Waals surface area contributed by atoms with Crippen molar-refractivity contribution < 1.29 is 9.53 Å². The van der Waals surface area contributed by atoms with Crippen LogP contribution in [-0.2, 0) is 16.1 Å². The molecule has 2 aromatic carbocycles. The summed E-state index contributed by atoms with van der Waals surface area (Å²) in [6.07, 6.45) is -0.351. The van der Waals surface area contributed by atoms with Crippen LogP contribution in [0, 0.1) is 0 Å². The van der Waals surface area contributed by atoms with Gasteiger partial charge in [-0.15, -0.1) is 0 Å². The number of carbonyl (C=O) groups is 1. The summed E-state index contributed by atoms with van der Waals surface area (Å²) < 4.78 is 5.68. The molecule has 1 unspecified atom stereocenters. The molecular formula is C21H24ClN3O2. The second-order valence-electron chi connectivity index (χ2n) is 6.66. The molecule has 0 spiro atoms. The highest BCUT2D eigenvalue weighted by molar-refractivity contribution is 6.33. The van der Waals surface area contributed by atoms with Crippen LogP contribution in [0.1, 0.15) is 37.9 Å². The van der Waals surface area contributed by atoms with Gasteiger partial charge in [0.25, 0.3) is 5.91 Å². The van der Waals surface area contributed by atoms with Gasteiger partial charge in [0.1, 0.15) is 11.5 Å². The molecule has 0 saturated heterocycles. The summed E-state index contributed by atoms with van der Waals surface area (Å²) in [6.45, 7) is 6.38. The van der Waals surface area contributed by atoms with Crippen molar-refractivity contribution in [1.29, 1.82) is 0 Å². The van der Waals surface area contributed by atoms with Crippen LogP contribution in [0.2, 0.25) is 5.02 Å². The number of hydrogen-bond donors (Lipinski definition) is 2. The van der Waals surface area contributed by atoms with E-state index < -0.39 is 5.91 Å². The molecule has 0 fully saturated rings. The van der Waals surface area contributed by atoms with Crippen LogP contribution < -0.4 is 16.0 Å². The lowest BCUT2D eigenvalue weighted by Gasteiger charge is -2.25. The molecule has 3 rings (SSSR count). The lowest BCUT2D eigenvalue weighted by atomic mass is 10.1. The molecule has 0 aliphatic carbocycles. The Bertz CT molecular complexity index is 867. The molecule has 6 heteroatoms. The first-order chi connectivity index (χ1) is 12.9. The normalized spacial score (nSPS) is 17.8. The van der Waals surface area contributed by atoms with Crippen molar-refractivity contribution in [2.24, 2.45) is 5.73 Å². The second kappa shape index (κ2) is 8.03. The van der Waals surface area contributed by atoms with Crippen molar-refractivity contribution in [1.82, 2.24) is 5.32 Å². The van der Waals surface area contributed by atoms with Crippen LogP contribution in [0.5, 0.6) is 0 Å². The Morgan fingerprint density at radius 1 is 1.30 bits per heavy atom. The third-order valence-corrected chi connectivity index (χ3v) is 5.02. The van der Waals surface area contributed by atoms with E-state index in [0.717, 1.165) is 5.56 Å². The maximum absolute atomic E-state index is 11.9. The van der Waals surface area contributed by atoms with Crippen LogP contribution in [-0.4, -0.2) is 12.1 Å². The molecule has 1 amide bonds. The summed E-state index contributed by atoms with van der Waals surface area (Å²) in [5, 5.41) is 4.05. The van der Waals surface area contributed by atoms with Crippen LogP contribution in [0.3, 0.4) is 0 Å². The first-order valence-corrected chi connectivity index (χ1v) is 9.29. The molecule has 27 heavy (non-hydrogen) atoms. The predicted molar refractivity (Wildman–Crippen MR) is 108 cm³/mol. The standard InChI is InChI=1S/C21H24ClN3O2/c1-13(17-7-5-4-6-8-17)24-12-16-9-10-18(22)19(11-16)25-15(3)27-14(2)20(25)21(23)26/h4-11,13,15,24H,12H2,1-3H3,(H2,23,26)/t13-,15?/m1/s1. The average molecular weight is 386 g/mol. The molecular weight excluding hydrogens is 362 g/mol. The number of ether oxygens (including phenoxy) is 1. The Labute approximate surface area is 164 Å². The van der Waals surface area contributed by atoms with Gasteiger partial charge < -0.3 is 15.8 Å². The van der Waals surface area contributed by atoms with E-state index in [1.807, 2.05) is 43.3 Å². The van der Waals surface area contributed by atoms with Crippen LogP contribution >= 0.6 is 11.6 Å². The van der Waals surface area contributed by atoms with E-state index in [1.54, 1.807) is 11.8 Å². The third kappa shape index (κ3) is 4.10. The Balaban J connectivity index is 1.82. The minimum Gasteiger partial charge on any atom is -0.473 e. The average Bonchev–Trinajstić information content (AvgIpc) is 2.95. The van der Waals surface area contributed by atoms with Crippen molar-refractivity contribution in [3.05, 3.63) is 76.1 Å². The van der Waals surface area contributed by atoms with Crippen molar-refractivity contribution in [3.63, 3.8) is 0 Å². The Morgan fingerprint density at radius 2 is 2.00 bits per heavy atom. The van der Waals surface area contributed by atoms with Crippen LogP contribution in [0.15, 0.2) is 60.0 Å². The first-order valence-electron chi connectivity index (χ1n) is 8.91. The molecule has 0 saturated carbocycles. The van der Waals surface area contributed by atoms with Crippen LogP contribution in [0.4, 0.5) is 5.69 Å². The zero-order valence-corrected chi connectivity index (χ0v) is 16.5. The Morgan fingerprint density at radius 3 is 2.67 bits per heavy atom. The van der Waals surface area contributed by atoms with Gasteiger partial charge in [0.2, 0.25) is 0 Å². The smallest absolute Gasteiger partial charge is 0.268 e. The molecule has 1 heterocycles. The summed E-state index contributed by atoms with van der Waals surface area (Å²) in [7, 11) is 0. The molecule has 0 radical (unpaired) electrons. The van der Waals surface area contributed by atoms with E-state index in [9.17, 15) is 4.79 Å². The number of allylic oxidation sites excluding steroid dienone is 1. The van der Waals surface area contributed by atoms with Crippen LogP contribution in [0.25, 0.3) is 0 Å². The number of nitrogens with one attached hydrogen (secondary N) is 1. The third-order valence-electron chi connectivity index (χ3n) is 4.70. The second-order valence-corrected chi connectivity index (χ2v) is 7.06. The van der Waals surface area contributed by atoms with Crippen molar-refractivity contribution in [3.8, 4) is 0 Å². The fourth-order valence-electron chi connectivity index (χ4n) is 3.31. The number of benzene rings is 2. The van der Waals surface area contributed by atoms with E-state index in [1.165, 1.54) is 5.56 Å². The van der Waals surface area contributed by atoms with Gasteiger partial charge in [-0.05, 0) is 44.0 Å². The lowest BCUT2D eigenvalue weighted by Crippen LogP contribution is -2.34. The number of amides is 1. The van der Waals surface area contributed by atoms with Gasteiger partial charge in [0.15, 0.2) is 6.23 Å². The molecule has 2 atom stereocenters. The van der Waals surface area contributed by atoms with Gasteiger partial charge in [-0.25, -0.2) is 0 Å². The molecule has 0 bridgehead atoms. The Kier molecular flexibility index (Phi) is 5.73. The monoisotopic (exact) mass is 385 g/mol. The number of carbonyl (C=O) groups excluding carboxylic acids is 1. The highest BCUT2D eigenvalue weighted by Gasteiger charge is 2.34. The molecule has 3 N–H and O–H groups in total. The highest BCUT2D eigenvalue weighted by Crippen LogP contribution is 2.36. The minimum atomic E-state index is -0.533. The fraction of sp³-hybridized carbons (Fsp3) is 0.286. The van der Waals surface area contributed by atoms with E-state index in [2.05, 4.69) is 24.4 Å². The number of anilines is 1. The van der Waals surface area contributed by atoms with E-state index in [0.29, 0.717) is 28.7 Å². The molecule has 5 nitrogen and oxygen atoms in total. The molecule has 1 aliphatic heterocycles. The van der Waals surface area contributed by atoms with Crippen molar-refractivity contribution in [2.75, 3.05) is 4.90 Å². The predicted octanol–water partition coefficient (Wildman–Crippen LogP) is 4.09. The van der Waals surface area contributed by atoms with Gasteiger partial charge in [0.05, 0.1) is 10.7 Å². The first kappa shape index (κ1) is 19.3. The summed E-state index contributed by atoms with van der Waals surface area (Å²) >= 11 is 6.43. The van der Waals surface area contributed by atoms with Gasteiger partial charge in [-0.1, -0.05) is 48.0 Å². The van der Waals surface area contributed by atoms with E-state index >= 15 is 0 Å². The van der Waals surface area contributed by atoms with E-state index in [-0.39, 0.29) is 12.3 Å². The molecule has 0 aromatic heterocycles. The zero-order chi connectivity index (χ0) is 19.6. The SMILES string of the molecule is CC1=C(C(N)=O)N(c2cc(CN[C@H](C)c3ccccc3)ccc2Cl)C(C)O1. The number of primary amides is 1. The minimum absolute atomic E-state index is 0.211. The fourth-order valence-corrected chi connectivity index (χ4v) is 3.52.